The number of aromatic amines is 2. The van der Waals surface area contributed by atoms with Gasteiger partial charge in [0.2, 0.25) is 5.91 Å². The number of H-pyrrole nitrogens is 2. The number of amides is 1. The molecule has 0 saturated carbocycles. The number of hydrogen-bond donors (Lipinski definition) is 3. The van der Waals surface area contributed by atoms with Crippen LogP contribution in [0.1, 0.15) is 5.56 Å². The molecular formula is C21H16N4OS. The predicted molar refractivity (Wildman–Crippen MR) is 110 cm³/mol. The van der Waals surface area contributed by atoms with Crippen LogP contribution in [-0.2, 0) is 11.2 Å². The Morgan fingerprint density at radius 1 is 1.04 bits per heavy atom. The summed E-state index contributed by atoms with van der Waals surface area (Å²) >= 11 is 1.47. The van der Waals surface area contributed by atoms with Crippen molar-refractivity contribution in [1.29, 1.82) is 0 Å². The molecule has 0 unspecified atom stereocenters. The highest BCUT2D eigenvalue weighted by Crippen LogP contribution is 2.35. The summed E-state index contributed by atoms with van der Waals surface area (Å²) in [5.41, 5.74) is 4.00. The van der Waals surface area contributed by atoms with Gasteiger partial charge in [-0.15, -0.1) is 0 Å². The molecule has 3 aromatic heterocycles. The van der Waals surface area contributed by atoms with Crippen molar-refractivity contribution in [3.8, 4) is 11.4 Å². The van der Waals surface area contributed by atoms with Crippen molar-refractivity contribution in [1.82, 2.24) is 15.2 Å². The first kappa shape index (κ1) is 15.8. The number of anilines is 1. The van der Waals surface area contributed by atoms with Gasteiger partial charge in [0, 0.05) is 16.3 Å². The number of fused-ring (bicyclic) bond motifs is 2. The molecule has 6 heteroatoms. The molecule has 0 aliphatic rings. The lowest BCUT2D eigenvalue weighted by Crippen LogP contribution is -2.13. The fraction of sp³-hybridized carbons (Fsp3) is 0.0476. The number of nitrogens with zero attached hydrogens (tertiary/aromatic N) is 1. The van der Waals surface area contributed by atoms with Crippen LogP contribution in [0, 0.1) is 0 Å². The van der Waals surface area contributed by atoms with Crippen LogP contribution in [0.2, 0.25) is 0 Å². The van der Waals surface area contributed by atoms with Crippen molar-refractivity contribution in [2.24, 2.45) is 0 Å². The Hall–Kier alpha value is -3.38. The van der Waals surface area contributed by atoms with Crippen LogP contribution < -0.4 is 5.32 Å². The van der Waals surface area contributed by atoms with Crippen LogP contribution in [0.15, 0.2) is 66.7 Å². The Labute approximate surface area is 159 Å². The molecule has 27 heavy (non-hydrogen) atoms. The molecule has 0 fully saturated rings. The molecular weight excluding hydrogens is 356 g/mol. The maximum Gasteiger partial charge on any atom is 0.229 e. The predicted octanol–water partition coefficient (Wildman–Crippen LogP) is 4.95. The van der Waals surface area contributed by atoms with Crippen LogP contribution in [0.5, 0.6) is 0 Å². The van der Waals surface area contributed by atoms with Gasteiger partial charge in [0.1, 0.15) is 4.83 Å². The zero-order valence-electron chi connectivity index (χ0n) is 14.3. The van der Waals surface area contributed by atoms with E-state index in [0.29, 0.717) is 6.42 Å². The highest BCUT2D eigenvalue weighted by atomic mass is 32.1. The molecule has 5 aromatic rings. The van der Waals surface area contributed by atoms with Crippen molar-refractivity contribution in [2.45, 2.75) is 6.42 Å². The smallest absolute Gasteiger partial charge is 0.229 e. The molecule has 132 valence electrons. The largest absolute Gasteiger partial charge is 0.353 e. The quantitative estimate of drug-likeness (QED) is 0.417. The summed E-state index contributed by atoms with van der Waals surface area (Å²) in [6.45, 7) is 0. The SMILES string of the molecule is O=C(Cc1ccccc1)Nc1cc2c(-c3cc4ccccc4[nH]3)[nH]nc2s1. The van der Waals surface area contributed by atoms with E-state index in [4.69, 9.17) is 0 Å². The Bertz CT molecular complexity index is 1220. The van der Waals surface area contributed by atoms with Crippen LogP contribution in [0.3, 0.4) is 0 Å². The molecule has 0 atom stereocenters. The Morgan fingerprint density at radius 2 is 1.85 bits per heavy atom. The number of para-hydroxylation sites is 1. The fourth-order valence-corrected chi connectivity index (χ4v) is 4.16. The van der Waals surface area contributed by atoms with Gasteiger partial charge < -0.3 is 10.3 Å². The number of rotatable bonds is 4. The van der Waals surface area contributed by atoms with Crippen LogP contribution >= 0.6 is 11.3 Å². The normalized spacial score (nSPS) is 11.3. The lowest BCUT2D eigenvalue weighted by atomic mass is 10.1. The van der Waals surface area contributed by atoms with Gasteiger partial charge in [-0.25, -0.2) is 0 Å². The topological polar surface area (TPSA) is 73.6 Å². The molecule has 0 aliphatic carbocycles. The first-order chi connectivity index (χ1) is 13.3. The molecule has 5 rings (SSSR count). The van der Waals surface area contributed by atoms with Gasteiger partial charge in [-0.05, 0) is 23.8 Å². The minimum Gasteiger partial charge on any atom is -0.353 e. The van der Waals surface area contributed by atoms with Gasteiger partial charge >= 0.3 is 0 Å². The van der Waals surface area contributed by atoms with Gasteiger partial charge in [0.15, 0.2) is 0 Å². The first-order valence-electron chi connectivity index (χ1n) is 8.66. The molecule has 2 aromatic carbocycles. The van der Waals surface area contributed by atoms with Crippen molar-refractivity contribution < 1.29 is 4.79 Å². The summed E-state index contributed by atoms with van der Waals surface area (Å²) in [5.74, 6) is -0.0266. The number of carbonyl (C=O) groups excluding carboxylic acids is 1. The summed E-state index contributed by atoms with van der Waals surface area (Å²) in [4.78, 5) is 16.6. The van der Waals surface area contributed by atoms with Gasteiger partial charge in [-0.2, -0.15) is 5.10 Å². The Balaban J connectivity index is 1.42. The average Bonchev–Trinajstić information content (AvgIpc) is 3.35. The molecule has 5 nitrogen and oxygen atoms in total. The number of nitrogens with one attached hydrogen (secondary N) is 3. The van der Waals surface area contributed by atoms with Crippen molar-refractivity contribution in [2.75, 3.05) is 5.32 Å². The lowest BCUT2D eigenvalue weighted by Gasteiger charge is -2.02. The second-order valence-electron chi connectivity index (χ2n) is 6.41. The summed E-state index contributed by atoms with van der Waals surface area (Å²) in [6.07, 6.45) is 0.359. The summed E-state index contributed by atoms with van der Waals surface area (Å²) in [6, 6.07) is 22.0. The molecule has 0 spiro atoms. The maximum absolute atomic E-state index is 12.3. The molecule has 1 amide bonds. The monoisotopic (exact) mass is 372 g/mol. The van der Waals surface area contributed by atoms with Gasteiger partial charge in [0.25, 0.3) is 0 Å². The van der Waals surface area contributed by atoms with Gasteiger partial charge in [-0.1, -0.05) is 59.9 Å². The summed E-state index contributed by atoms with van der Waals surface area (Å²) < 4.78 is 0. The van der Waals surface area contributed by atoms with E-state index < -0.39 is 0 Å². The van der Waals surface area contributed by atoms with Crippen LogP contribution in [0.4, 0.5) is 5.00 Å². The van der Waals surface area contributed by atoms with Crippen molar-refractivity contribution in [3.63, 3.8) is 0 Å². The second kappa shape index (κ2) is 6.41. The van der Waals surface area contributed by atoms with E-state index in [-0.39, 0.29) is 5.91 Å². The number of aromatic nitrogens is 3. The van der Waals surface area contributed by atoms with Crippen LogP contribution in [-0.4, -0.2) is 21.1 Å². The molecule has 0 saturated heterocycles. The summed E-state index contributed by atoms with van der Waals surface area (Å²) in [7, 11) is 0. The minimum atomic E-state index is -0.0266. The number of benzene rings is 2. The zero-order chi connectivity index (χ0) is 18.2. The van der Waals surface area contributed by atoms with E-state index >= 15 is 0 Å². The molecule has 0 radical (unpaired) electrons. The number of thiophene rings is 1. The Morgan fingerprint density at radius 3 is 2.70 bits per heavy atom. The third kappa shape index (κ3) is 3.00. The summed E-state index contributed by atoms with van der Waals surface area (Å²) in [5, 5.41) is 13.5. The van der Waals surface area contributed by atoms with Gasteiger partial charge in [-0.3, -0.25) is 9.89 Å². The van der Waals surface area contributed by atoms with Gasteiger partial charge in [0.05, 0.1) is 22.8 Å². The van der Waals surface area contributed by atoms with E-state index in [1.165, 1.54) is 11.3 Å². The third-order valence-corrected chi connectivity index (χ3v) is 5.46. The van der Waals surface area contributed by atoms with E-state index in [1.54, 1.807) is 0 Å². The minimum absolute atomic E-state index is 0.0266. The second-order valence-corrected chi connectivity index (χ2v) is 7.44. The van der Waals surface area contributed by atoms with E-state index in [1.807, 2.05) is 48.5 Å². The highest BCUT2D eigenvalue weighted by molar-refractivity contribution is 7.22. The van der Waals surface area contributed by atoms with Crippen molar-refractivity contribution in [3.05, 3.63) is 72.3 Å². The molecule has 0 aliphatic heterocycles. The van der Waals surface area contributed by atoms with Crippen LogP contribution in [0.25, 0.3) is 32.5 Å². The van der Waals surface area contributed by atoms with Crippen molar-refractivity contribution >= 4 is 43.4 Å². The number of hydrogen-bond acceptors (Lipinski definition) is 3. The molecule has 3 heterocycles. The Kier molecular flexibility index (Phi) is 3.76. The number of carbonyl (C=O) groups is 1. The lowest BCUT2D eigenvalue weighted by molar-refractivity contribution is -0.115. The molecule has 3 N–H and O–H groups in total. The molecule has 0 bridgehead atoms. The first-order valence-corrected chi connectivity index (χ1v) is 9.48. The van der Waals surface area contributed by atoms with E-state index in [0.717, 1.165) is 43.1 Å². The fourth-order valence-electron chi connectivity index (χ4n) is 3.25. The third-order valence-electron chi connectivity index (χ3n) is 4.52. The standard InChI is InChI=1S/C21H16N4OS/c26-18(10-13-6-2-1-3-7-13)23-19-12-15-20(24-25-21(15)27-19)17-11-14-8-4-5-9-16(14)22-17/h1-9,11-12,22H,10H2,(H,23,26)(H,24,25). The average molecular weight is 372 g/mol. The zero-order valence-corrected chi connectivity index (χ0v) is 15.1. The maximum atomic E-state index is 12.3. The van der Waals surface area contributed by atoms with E-state index in [2.05, 4.69) is 38.7 Å². The van der Waals surface area contributed by atoms with E-state index in [9.17, 15) is 4.79 Å². The highest BCUT2D eigenvalue weighted by Gasteiger charge is 2.15.